The van der Waals surface area contributed by atoms with Gasteiger partial charge in [0.2, 0.25) is 11.0 Å². The smallest absolute Gasteiger partial charge is 0.242 e. The van der Waals surface area contributed by atoms with E-state index in [1.54, 1.807) is 18.2 Å². The molecule has 1 unspecified atom stereocenters. The van der Waals surface area contributed by atoms with Gasteiger partial charge in [0.25, 0.3) is 0 Å². The molecule has 0 saturated carbocycles. The maximum absolute atomic E-state index is 13.3. The number of hydrogen-bond donors (Lipinski definition) is 0. The van der Waals surface area contributed by atoms with Gasteiger partial charge < -0.3 is 0 Å². The molecule has 0 aromatic heterocycles. The second-order valence-electron chi connectivity index (χ2n) is 4.74. The van der Waals surface area contributed by atoms with Crippen LogP contribution in [0.1, 0.15) is 5.56 Å². The molecule has 1 aliphatic carbocycles. The normalized spacial score (nSPS) is 21.0. The van der Waals surface area contributed by atoms with E-state index in [2.05, 4.69) is 4.99 Å². The van der Waals surface area contributed by atoms with Crippen LogP contribution < -0.4 is 0 Å². The van der Waals surface area contributed by atoms with E-state index in [-0.39, 0.29) is 17.6 Å². The van der Waals surface area contributed by atoms with Crippen molar-refractivity contribution in [1.29, 1.82) is 0 Å². The molecule has 2 aliphatic rings. The van der Waals surface area contributed by atoms with Gasteiger partial charge in [-0.15, -0.1) is 0 Å². The number of amides is 1. The standard InChI is InChI=1S/C15H10ClFN2OS/c16-10-3-1-2-9(6-10)8-19-14(20)12-7-11(17)4-5-13(12)18-15(19)21/h1-7,12H,8H2. The largest absolute Gasteiger partial charge is 0.282 e. The number of hydrogen-bond acceptors (Lipinski definition) is 2. The average molecular weight is 321 g/mol. The van der Waals surface area contributed by atoms with Gasteiger partial charge >= 0.3 is 0 Å². The highest BCUT2D eigenvalue weighted by molar-refractivity contribution is 7.80. The Morgan fingerprint density at radius 2 is 2.19 bits per heavy atom. The van der Waals surface area contributed by atoms with Gasteiger partial charge in [-0.25, -0.2) is 9.38 Å². The first-order valence-electron chi connectivity index (χ1n) is 6.28. The predicted molar refractivity (Wildman–Crippen MR) is 83.9 cm³/mol. The molecule has 3 rings (SSSR count). The van der Waals surface area contributed by atoms with Crippen LogP contribution in [0.15, 0.2) is 53.3 Å². The summed E-state index contributed by atoms with van der Waals surface area (Å²) in [5, 5.41) is 0.769. The van der Waals surface area contributed by atoms with E-state index in [4.69, 9.17) is 23.8 Å². The van der Waals surface area contributed by atoms with Gasteiger partial charge in [0.1, 0.15) is 11.7 Å². The second kappa shape index (κ2) is 5.50. The first-order chi connectivity index (χ1) is 10.0. The number of aliphatic imine (C=N–C) groups is 1. The van der Waals surface area contributed by atoms with Gasteiger partial charge in [-0.1, -0.05) is 23.7 Å². The number of carbonyl (C=O) groups is 1. The average Bonchev–Trinajstić information content (AvgIpc) is 2.45. The molecule has 0 N–H and O–H groups in total. The molecule has 0 saturated heterocycles. The molecule has 0 fully saturated rings. The molecule has 21 heavy (non-hydrogen) atoms. The summed E-state index contributed by atoms with van der Waals surface area (Å²) in [6.45, 7) is 0.269. The number of benzene rings is 1. The summed E-state index contributed by atoms with van der Waals surface area (Å²) in [7, 11) is 0. The van der Waals surface area contributed by atoms with E-state index in [9.17, 15) is 9.18 Å². The highest BCUT2D eigenvalue weighted by atomic mass is 35.5. The van der Waals surface area contributed by atoms with Crippen molar-refractivity contribution in [3.05, 3.63) is 58.9 Å². The van der Waals surface area contributed by atoms with Crippen LogP contribution in [0, 0.1) is 5.92 Å². The second-order valence-corrected chi connectivity index (χ2v) is 5.54. The maximum atomic E-state index is 13.3. The minimum atomic E-state index is -0.708. The van der Waals surface area contributed by atoms with Crippen molar-refractivity contribution in [2.45, 2.75) is 6.54 Å². The molecule has 6 heteroatoms. The lowest BCUT2D eigenvalue weighted by molar-refractivity contribution is -0.129. The number of fused-ring (bicyclic) bond motifs is 1. The summed E-state index contributed by atoms with van der Waals surface area (Å²) < 4.78 is 13.3. The number of rotatable bonds is 2. The first-order valence-corrected chi connectivity index (χ1v) is 7.07. The van der Waals surface area contributed by atoms with Crippen LogP contribution >= 0.6 is 23.8 Å². The molecule has 3 nitrogen and oxygen atoms in total. The molecule has 0 radical (unpaired) electrons. The molecule has 0 spiro atoms. The first kappa shape index (κ1) is 14.1. The number of allylic oxidation sites excluding steroid dienone is 3. The molecule has 1 aromatic carbocycles. The lowest BCUT2D eigenvalue weighted by Gasteiger charge is -2.30. The molecule has 1 heterocycles. The lowest BCUT2D eigenvalue weighted by Crippen LogP contribution is -2.45. The number of thiocarbonyl (C=S) groups is 1. The molecule has 1 aromatic rings. The van der Waals surface area contributed by atoms with Crippen LogP contribution in [0.2, 0.25) is 5.02 Å². The highest BCUT2D eigenvalue weighted by Crippen LogP contribution is 2.24. The van der Waals surface area contributed by atoms with Crippen molar-refractivity contribution >= 4 is 40.6 Å². The topological polar surface area (TPSA) is 32.7 Å². The molecular formula is C15H10ClFN2OS. The van der Waals surface area contributed by atoms with Crippen molar-refractivity contribution in [2.24, 2.45) is 10.9 Å². The third-order valence-electron chi connectivity index (χ3n) is 3.28. The van der Waals surface area contributed by atoms with Gasteiger partial charge in [-0.3, -0.25) is 9.69 Å². The Morgan fingerprint density at radius 1 is 1.38 bits per heavy atom. The van der Waals surface area contributed by atoms with Gasteiger partial charge in [-0.05, 0) is 48.1 Å². The predicted octanol–water partition coefficient (Wildman–Crippen LogP) is 3.45. The zero-order valence-corrected chi connectivity index (χ0v) is 12.4. The Bertz CT molecular complexity index is 726. The molecular weight excluding hydrogens is 311 g/mol. The van der Waals surface area contributed by atoms with Gasteiger partial charge in [0.15, 0.2) is 0 Å². The third-order valence-corrected chi connectivity index (χ3v) is 3.82. The van der Waals surface area contributed by atoms with Crippen LogP contribution in [-0.2, 0) is 11.3 Å². The van der Waals surface area contributed by atoms with Crippen molar-refractivity contribution in [2.75, 3.05) is 0 Å². The van der Waals surface area contributed by atoms with Gasteiger partial charge in [0.05, 0.1) is 12.3 Å². The monoisotopic (exact) mass is 320 g/mol. The van der Waals surface area contributed by atoms with Crippen molar-refractivity contribution in [3.63, 3.8) is 0 Å². The van der Waals surface area contributed by atoms with E-state index >= 15 is 0 Å². The number of carbonyl (C=O) groups excluding carboxylic acids is 1. The van der Waals surface area contributed by atoms with Crippen LogP contribution in [0.3, 0.4) is 0 Å². The van der Waals surface area contributed by atoms with Crippen LogP contribution in [-0.4, -0.2) is 21.6 Å². The molecule has 1 atom stereocenters. The minimum absolute atomic E-state index is 0.187. The fourth-order valence-corrected chi connectivity index (χ4v) is 2.74. The summed E-state index contributed by atoms with van der Waals surface area (Å²) in [6, 6.07) is 7.15. The summed E-state index contributed by atoms with van der Waals surface area (Å²) in [5.74, 6) is -1.42. The van der Waals surface area contributed by atoms with Crippen LogP contribution in [0.25, 0.3) is 0 Å². The lowest BCUT2D eigenvalue weighted by atomic mass is 9.95. The Morgan fingerprint density at radius 3 is 2.95 bits per heavy atom. The van der Waals surface area contributed by atoms with Gasteiger partial charge in [-0.2, -0.15) is 0 Å². The molecule has 1 amide bonds. The Labute approximate surface area is 131 Å². The molecule has 0 bridgehead atoms. The fraction of sp³-hybridized carbons (Fsp3) is 0.133. The fourth-order valence-electron chi connectivity index (χ4n) is 2.27. The van der Waals surface area contributed by atoms with E-state index < -0.39 is 11.7 Å². The number of halogens is 2. The maximum Gasteiger partial charge on any atom is 0.242 e. The molecule has 1 aliphatic heterocycles. The highest BCUT2D eigenvalue weighted by Gasteiger charge is 2.34. The van der Waals surface area contributed by atoms with Crippen molar-refractivity contribution < 1.29 is 9.18 Å². The number of nitrogens with zero attached hydrogens (tertiary/aromatic N) is 2. The van der Waals surface area contributed by atoms with E-state index in [0.29, 0.717) is 10.7 Å². The summed E-state index contributed by atoms with van der Waals surface area (Å²) in [6.07, 6.45) is 4.02. The summed E-state index contributed by atoms with van der Waals surface area (Å²) >= 11 is 11.1. The van der Waals surface area contributed by atoms with E-state index in [1.807, 2.05) is 6.07 Å². The van der Waals surface area contributed by atoms with Crippen LogP contribution in [0.5, 0.6) is 0 Å². The summed E-state index contributed by atoms with van der Waals surface area (Å²) in [4.78, 5) is 18.1. The molecule has 106 valence electrons. The van der Waals surface area contributed by atoms with Crippen LogP contribution in [0.4, 0.5) is 4.39 Å². The zero-order valence-electron chi connectivity index (χ0n) is 10.8. The zero-order chi connectivity index (χ0) is 15.0. The SMILES string of the molecule is O=C1C2C=C(F)C=CC2=NC(=S)N1Cc1cccc(Cl)c1. The quantitative estimate of drug-likeness (QED) is 0.782. The van der Waals surface area contributed by atoms with Crippen molar-refractivity contribution in [3.8, 4) is 0 Å². The Hall–Kier alpha value is -1.85. The summed E-state index contributed by atoms with van der Waals surface area (Å²) in [5.41, 5.74) is 1.32. The van der Waals surface area contributed by atoms with Crippen molar-refractivity contribution in [1.82, 2.24) is 4.90 Å². The minimum Gasteiger partial charge on any atom is -0.282 e. The Balaban J connectivity index is 1.90. The third kappa shape index (κ3) is 2.80. The Kier molecular flexibility index (Phi) is 3.69. The van der Waals surface area contributed by atoms with Gasteiger partial charge in [0, 0.05) is 5.02 Å². The van der Waals surface area contributed by atoms with E-state index in [1.165, 1.54) is 23.1 Å². The van der Waals surface area contributed by atoms with E-state index in [0.717, 1.165) is 5.56 Å².